The lowest BCUT2D eigenvalue weighted by Gasteiger charge is -2.39. The molecule has 1 aliphatic carbocycles. The zero-order chi connectivity index (χ0) is 11.0. The van der Waals surface area contributed by atoms with Gasteiger partial charge in [0.25, 0.3) is 0 Å². The van der Waals surface area contributed by atoms with Crippen molar-refractivity contribution in [2.75, 3.05) is 26.7 Å². The van der Waals surface area contributed by atoms with Gasteiger partial charge in [0.15, 0.2) is 0 Å². The molecule has 2 heterocycles. The number of allylic oxidation sites excluding steroid dienone is 2. The first-order valence-corrected chi connectivity index (χ1v) is 6.63. The van der Waals surface area contributed by atoms with E-state index in [0.29, 0.717) is 5.41 Å². The van der Waals surface area contributed by atoms with Gasteiger partial charge < -0.3 is 10.2 Å². The molecule has 0 radical (unpaired) electrons. The maximum absolute atomic E-state index is 3.65. The first kappa shape index (κ1) is 15.3. The third-order valence-corrected chi connectivity index (χ3v) is 4.61. The number of nitrogens with one attached hydrogen (secondary N) is 1. The van der Waals surface area contributed by atoms with E-state index in [1.165, 1.54) is 57.4 Å². The predicted octanol–water partition coefficient (Wildman–Crippen LogP) is 3.57. The molecule has 18 heavy (non-hydrogen) atoms. The average Bonchev–Trinajstić information content (AvgIpc) is 2.51. The number of hydrogen-bond donors (Lipinski definition) is 1. The Morgan fingerprint density at radius 3 is 2.67 bits per heavy atom. The lowest BCUT2D eigenvalue weighted by molar-refractivity contribution is 0.161. The third-order valence-electron chi connectivity index (χ3n) is 4.61. The molecule has 0 saturated carbocycles. The zero-order valence-corrected chi connectivity index (χ0v) is 10.3. The van der Waals surface area contributed by atoms with Crippen molar-refractivity contribution in [3.05, 3.63) is 23.4 Å². The van der Waals surface area contributed by atoms with Gasteiger partial charge in [0, 0.05) is 17.7 Å². The smallest absolute Gasteiger partial charge is 0.0335 e. The Morgan fingerprint density at radius 2 is 1.94 bits per heavy atom. The van der Waals surface area contributed by atoms with Crippen molar-refractivity contribution in [1.82, 2.24) is 10.2 Å². The van der Waals surface area contributed by atoms with E-state index >= 15 is 0 Å². The standard InChI is InChI=1S/C14H22N2.2CH4/c1-16-9-7-14(8-10-16)11-15-13-6-4-2-3-5-12(13)14;;/h4,6,15H,2-3,5,7-11H2,1H3;2*1H4. The fraction of sp³-hybridized carbons (Fsp3) is 0.750. The van der Waals surface area contributed by atoms with E-state index in [1.54, 1.807) is 5.57 Å². The predicted molar refractivity (Wildman–Crippen MR) is 80.6 cm³/mol. The summed E-state index contributed by atoms with van der Waals surface area (Å²) in [5.41, 5.74) is 3.72. The second-order valence-corrected chi connectivity index (χ2v) is 5.62. The van der Waals surface area contributed by atoms with Crippen molar-refractivity contribution < 1.29 is 0 Å². The fourth-order valence-corrected chi connectivity index (χ4v) is 3.45. The molecule has 0 unspecified atom stereocenters. The minimum absolute atomic E-state index is 0. The van der Waals surface area contributed by atoms with Crippen molar-refractivity contribution in [3.8, 4) is 0 Å². The molecule has 0 atom stereocenters. The van der Waals surface area contributed by atoms with Gasteiger partial charge in [-0.05, 0) is 63.9 Å². The average molecular weight is 250 g/mol. The summed E-state index contributed by atoms with van der Waals surface area (Å²) in [4.78, 5) is 2.47. The Balaban J connectivity index is 0.000000810. The van der Waals surface area contributed by atoms with Crippen LogP contribution in [-0.4, -0.2) is 31.6 Å². The van der Waals surface area contributed by atoms with E-state index < -0.39 is 0 Å². The number of piperidine rings is 1. The van der Waals surface area contributed by atoms with Crippen LogP contribution in [0.5, 0.6) is 0 Å². The maximum Gasteiger partial charge on any atom is 0.0335 e. The van der Waals surface area contributed by atoms with Crippen molar-refractivity contribution in [2.24, 2.45) is 5.41 Å². The quantitative estimate of drug-likeness (QED) is 0.707. The Labute approximate surface area is 113 Å². The SMILES string of the molecule is C.C.CN1CCC2(CC1)CNC1=C2CCCC=C1. The topological polar surface area (TPSA) is 15.3 Å². The van der Waals surface area contributed by atoms with Gasteiger partial charge in [-0.2, -0.15) is 0 Å². The Morgan fingerprint density at radius 1 is 1.22 bits per heavy atom. The van der Waals surface area contributed by atoms with Gasteiger partial charge in [-0.1, -0.05) is 20.9 Å². The summed E-state index contributed by atoms with van der Waals surface area (Å²) >= 11 is 0. The summed E-state index contributed by atoms with van der Waals surface area (Å²) in [6.07, 6.45) is 11.3. The van der Waals surface area contributed by atoms with Gasteiger partial charge in [-0.3, -0.25) is 0 Å². The summed E-state index contributed by atoms with van der Waals surface area (Å²) in [6.45, 7) is 3.72. The Hall–Kier alpha value is -0.760. The van der Waals surface area contributed by atoms with Crippen molar-refractivity contribution in [2.45, 2.75) is 47.0 Å². The molecule has 2 aliphatic heterocycles. The lowest BCUT2D eigenvalue weighted by atomic mass is 9.72. The summed E-state index contributed by atoms with van der Waals surface area (Å²) in [5.74, 6) is 0. The van der Waals surface area contributed by atoms with Crippen LogP contribution in [0.4, 0.5) is 0 Å². The third kappa shape index (κ3) is 2.49. The molecule has 0 aromatic rings. The van der Waals surface area contributed by atoms with Crippen molar-refractivity contribution in [1.29, 1.82) is 0 Å². The largest absolute Gasteiger partial charge is 0.384 e. The second-order valence-electron chi connectivity index (χ2n) is 5.62. The molecule has 104 valence electrons. The van der Waals surface area contributed by atoms with Gasteiger partial charge in [-0.15, -0.1) is 0 Å². The normalized spacial score (nSPS) is 25.8. The highest BCUT2D eigenvalue weighted by Crippen LogP contribution is 2.45. The van der Waals surface area contributed by atoms with Gasteiger partial charge in [0.05, 0.1) is 0 Å². The van der Waals surface area contributed by atoms with E-state index in [0.717, 1.165) is 0 Å². The maximum atomic E-state index is 3.65. The number of nitrogens with zero attached hydrogens (tertiary/aromatic N) is 1. The fourth-order valence-electron chi connectivity index (χ4n) is 3.45. The molecule has 0 bridgehead atoms. The van der Waals surface area contributed by atoms with Crippen LogP contribution in [0.1, 0.15) is 47.0 Å². The van der Waals surface area contributed by atoms with Crippen LogP contribution < -0.4 is 5.32 Å². The van der Waals surface area contributed by atoms with E-state index in [2.05, 4.69) is 29.4 Å². The number of hydrogen-bond acceptors (Lipinski definition) is 2. The van der Waals surface area contributed by atoms with Crippen molar-refractivity contribution >= 4 is 0 Å². The van der Waals surface area contributed by atoms with E-state index in [1.807, 2.05) is 0 Å². The Bertz CT molecular complexity index is 333. The van der Waals surface area contributed by atoms with Crippen LogP contribution in [0.15, 0.2) is 23.4 Å². The first-order valence-electron chi connectivity index (χ1n) is 6.63. The highest BCUT2D eigenvalue weighted by Gasteiger charge is 2.41. The van der Waals surface area contributed by atoms with Crippen molar-refractivity contribution in [3.63, 3.8) is 0 Å². The summed E-state index contributed by atoms with van der Waals surface area (Å²) < 4.78 is 0. The van der Waals surface area contributed by atoms with Gasteiger partial charge in [0.1, 0.15) is 0 Å². The summed E-state index contributed by atoms with van der Waals surface area (Å²) in [7, 11) is 2.25. The monoisotopic (exact) mass is 250 g/mol. The van der Waals surface area contributed by atoms with Crippen LogP contribution in [0, 0.1) is 5.41 Å². The van der Waals surface area contributed by atoms with Crippen LogP contribution in [0.3, 0.4) is 0 Å². The van der Waals surface area contributed by atoms with E-state index in [4.69, 9.17) is 0 Å². The molecule has 0 aromatic carbocycles. The van der Waals surface area contributed by atoms with Gasteiger partial charge in [-0.25, -0.2) is 0 Å². The van der Waals surface area contributed by atoms with Crippen LogP contribution >= 0.6 is 0 Å². The molecule has 0 aromatic heterocycles. The minimum atomic E-state index is 0. The van der Waals surface area contributed by atoms with E-state index in [-0.39, 0.29) is 14.9 Å². The van der Waals surface area contributed by atoms with Crippen LogP contribution in [0.2, 0.25) is 0 Å². The van der Waals surface area contributed by atoms with Gasteiger partial charge >= 0.3 is 0 Å². The zero-order valence-electron chi connectivity index (χ0n) is 10.3. The molecule has 3 rings (SSSR count). The number of rotatable bonds is 0. The number of likely N-dealkylation sites (tertiary alicyclic amines) is 1. The molecular weight excluding hydrogens is 220 g/mol. The molecule has 0 amide bonds. The molecular formula is C16H30N2. The molecule has 3 aliphatic rings. The highest BCUT2D eigenvalue weighted by molar-refractivity contribution is 5.36. The second kappa shape index (κ2) is 5.92. The minimum Gasteiger partial charge on any atom is -0.384 e. The molecule has 1 fully saturated rings. The highest BCUT2D eigenvalue weighted by atomic mass is 15.1. The summed E-state index contributed by atoms with van der Waals surface area (Å²) in [6, 6.07) is 0. The first-order chi connectivity index (χ1) is 7.80. The Kier molecular flexibility index (Phi) is 5.03. The molecule has 1 spiro atoms. The van der Waals surface area contributed by atoms with E-state index in [9.17, 15) is 0 Å². The van der Waals surface area contributed by atoms with Crippen LogP contribution in [-0.2, 0) is 0 Å². The molecule has 1 N–H and O–H groups in total. The molecule has 2 heteroatoms. The van der Waals surface area contributed by atoms with Crippen LogP contribution in [0.25, 0.3) is 0 Å². The van der Waals surface area contributed by atoms with Gasteiger partial charge in [0.2, 0.25) is 0 Å². The molecule has 1 saturated heterocycles. The molecule has 2 nitrogen and oxygen atoms in total. The summed E-state index contributed by atoms with van der Waals surface area (Å²) in [5, 5.41) is 3.65. The lowest BCUT2D eigenvalue weighted by Crippen LogP contribution is -2.41. The number of fused-ring (bicyclic) bond motifs is 1.